The maximum Gasteiger partial charge on any atom is 0.387 e. The zero-order valence-corrected chi connectivity index (χ0v) is 16.0. The first-order valence-corrected chi connectivity index (χ1v) is 9.20. The number of alkyl halides is 2. The smallest absolute Gasteiger partial charge is 0.387 e. The molecule has 2 aromatic carbocycles. The molecule has 0 N–H and O–H groups in total. The molecule has 1 amide bonds. The van der Waals surface area contributed by atoms with Crippen LogP contribution in [0.25, 0.3) is 0 Å². The van der Waals surface area contributed by atoms with E-state index >= 15 is 0 Å². The molecule has 2 aromatic rings. The molecule has 6 nitrogen and oxygen atoms in total. The van der Waals surface area contributed by atoms with E-state index in [1.54, 1.807) is 23.1 Å². The molecule has 8 heteroatoms. The zero-order chi connectivity index (χ0) is 20.8. The number of nitrogens with zero attached hydrogens (tertiary/aromatic N) is 2. The molecule has 0 radical (unpaired) electrons. The third kappa shape index (κ3) is 5.51. The highest BCUT2D eigenvalue weighted by Gasteiger charge is 2.22. The fourth-order valence-electron chi connectivity index (χ4n) is 3.22. The second-order valence-corrected chi connectivity index (χ2v) is 6.66. The van der Waals surface area contributed by atoms with E-state index in [1.807, 2.05) is 12.1 Å². The number of hydrogen-bond acceptors (Lipinski definition) is 5. The number of esters is 1. The van der Waals surface area contributed by atoms with Crippen molar-refractivity contribution in [3.8, 4) is 5.75 Å². The number of ether oxygens (including phenoxy) is 2. The number of rotatable bonds is 6. The molecule has 0 aliphatic carbocycles. The highest BCUT2D eigenvalue weighted by Crippen LogP contribution is 2.18. The first kappa shape index (κ1) is 20.7. The summed E-state index contributed by atoms with van der Waals surface area (Å²) in [5, 5.41) is 0. The normalized spacial score (nSPS) is 14.7. The van der Waals surface area contributed by atoms with E-state index in [0.29, 0.717) is 43.9 Å². The van der Waals surface area contributed by atoms with Crippen molar-refractivity contribution in [1.82, 2.24) is 9.80 Å². The molecule has 0 aromatic heterocycles. The molecule has 1 fully saturated rings. The highest BCUT2D eigenvalue weighted by atomic mass is 19.3. The van der Waals surface area contributed by atoms with Crippen molar-refractivity contribution in [3.05, 3.63) is 65.2 Å². The number of methoxy groups -OCH3 is 1. The summed E-state index contributed by atoms with van der Waals surface area (Å²) in [5.74, 6) is -0.599. The highest BCUT2D eigenvalue weighted by molar-refractivity contribution is 5.94. The van der Waals surface area contributed by atoms with Crippen molar-refractivity contribution in [3.63, 3.8) is 0 Å². The van der Waals surface area contributed by atoms with E-state index < -0.39 is 6.61 Å². The Hall–Kier alpha value is -3.00. The first-order valence-electron chi connectivity index (χ1n) is 9.20. The van der Waals surface area contributed by atoms with E-state index in [2.05, 4.69) is 9.64 Å². The first-order chi connectivity index (χ1) is 14.0. The Balaban J connectivity index is 1.53. The van der Waals surface area contributed by atoms with Gasteiger partial charge in [0.2, 0.25) is 0 Å². The van der Waals surface area contributed by atoms with Crippen LogP contribution in [0, 0.1) is 0 Å². The average molecular weight is 404 g/mol. The Bertz CT molecular complexity index is 850. The zero-order valence-electron chi connectivity index (χ0n) is 16.0. The molecule has 3 rings (SSSR count). The van der Waals surface area contributed by atoms with Gasteiger partial charge < -0.3 is 14.4 Å². The topological polar surface area (TPSA) is 59.1 Å². The standard InChI is InChI=1S/C21H22F2N2O4/c1-28-20(27)16-7-5-15(6-8-16)14-24-9-11-25(12-10-24)19(26)17-3-2-4-18(13-17)29-21(22)23/h2-8,13,21H,9-12,14H2,1H3. The molecule has 0 bridgehead atoms. The van der Waals surface area contributed by atoms with Gasteiger partial charge in [0, 0.05) is 38.3 Å². The van der Waals surface area contributed by atoms with Gasteiger partial charge in [-0.3, -0.25) is 9.69 Å². The van der Waals surface area contributed by atoms with E-state index in [1.165, 1.54) is 25.3 Å². The molecule has 154 valence electrons. The van der Waals surface area contributed by atoms with Gasteiger partial charge in [0.1, 0.15) is 5.75 Å². The number of carbonyl (C=O) groups excluding carboxylic acids is 2. The monoisotopic (exact) mass is 404 g/mol. The number of benzene rings is 2. The minimum absolute atomic E-state index is 0.0279. The van der Waals surface area contributed by atoms with Crippen molar-refractivity contribution in [2.45, 2.75) is 13.2 Å². The van der Waals surface area contributed by atoms with Crippen LogP contribution < -0.4 is 4.74 Å². The molecule has 1 aliphatic heterocycles. The lowest BCUT2D eigenvalue weighted by atomic mass is 10.1. The van der Waals surface area contributed by atoms with Gasteiger partial charge in [-0.05, 0) is 35.9 Å². The van der Waals surface area contributed by atoms with Gasteiger partial charge in [-0.15, -0.1) is 0 Å². The van der Waals surface area contributed by atoms with Gasteiger partial charge in [0.05, 0.1) is 12.7 Å². The maximum atomic E-state index is 12.7. The summed E-state index contributed by atoms with van der Waals surface area (Å²) in [5.41, 5.74) is 1.90. The van der Waals surface area contributed by atoms with E-state index in [9.17, 15) is 18.4 Å². The van der Waals surface area contributed by atoms with E-state index in [-0.39, 0.29) is 17.6 Å². The van der Waals surface area contributed by atoms with Crippen molar-refractivity contribution in [1.29, 1.82) is 0 Å². The molecule has 0 saturated carbocycles. The minimum Gasteiger partial charge on any atom is -0.465 e. The summed E-state index contributed by atoms with van der Waals surface area (Å²) in [6.45, 7) is 0.250. The second-order valence-electron chi connectivity index (χ2n) is 6.66. The third-order valence-electron chi connectivity index (χ3n) is 4.75. The van der Waals surface area contributed by atoms with Crippen LogP contribution in [-0.4, -0.2) is 61.6 Å². The molecule has 1 aliphatic rings. The predicted octanol–water partition coefficient (Wildman–Crippen LogP) is 3.03. The van der Waals surface area contributed by atoms with Crippen LogP contribution in [-0.2, 0) is 11.3 Å². The molecule has 0 atom stereocenters. The van der Waals surface area contributed by atoms with Crippen molar-refractivity contribution < 1.29 is 27.8 Å². The Labute approximate surface area is 167 Å². The minimum atomic E-state index is -2.93. The predicted molar refractivity (Wildman–Crippen MR) is 102 cm³/mol. The summed E-state index contributed by atoms with van der Waals surface area (Å²) in [6, 6.07) is 13.1. The fraction of sp³-hybridized carbons (Fsp3) is 0.333. The second kappa shape index (κ2) is 9.47. The SMILES string of the molecule is COC(=O)c1ccc(CN2CCN(C(=O)c3cccc(OC(F)F)c3)CC2)cc1. The van der Waals surface area contributed by atoms with E-state index in [0.717, 1.165) is 5.56 Å². The van der Waals surface area contributed by atoms with Gasteiger partial charge >= 0.3 is 12.6 Å². The number of halogens is 2. The Morgan fingerprint density at radius 2 is 1.69 bits per heavy atom. The van der Waals surface area contributed by atoms with Gasteiger partial charge in [-0.1, -0.05) is 18.2 Å². The molecule has 1 heterocycles. The molecule has 0 spiro atoms. The van der Waals surface area contributed by atoms with Gasteiger partial charge in [0.15, 0.2) is 0 Å². The Kier molecular flexibility index (Phi) is 6.77. The Morgan fingerprint density at radius 1 is 1.00 bits per heavy atom. The number of hydrogen-bond donors (Lipinski definition) is 0. The van der Waals surface area contributed by atoms with Crippen LogP contribution in [0.1, 0.15) is 26.3 Å². The van der Waals surface area contributed by atoms with Crippen LogP contribution in [0.3, 0.4) is 0 Å². The molecule has 1 saturated heterocycles. The summed E-state index contributed by atoms with van der Waals surface area (Å²) in [7, 11) is 1.35. The lowest BCUT2D eigenvalue weighted by Crippen LogP contribution is -2.48. The van der Waals surface area contributed by atoms with Gasteiger partial charge in [-0.2, -0.15) is 8.78 Å². The summed E-state index contributed by atoms with van der Waals surface area (Å²) in [4.78, 5) is 28.1. The lowest BCUT2D eigenvalue weighted by Gasteiger charge is -2.34. The third-order valence-corrected chi connectivity index (χ3v) is 4.75. The van der Waals surface area contributed by atoms with Crippen molar-refractivity contribution in [2.24, 2.45) is 0 Å². The van der Waals surface area contributed by atoms with Crippen LogP contribution in [0.4, 0.5) is 8.78 Å². The lowest BCUT2D eigenvalue weighted by molar-refractivity contribution is -0.0499. The van der Waals surface area contributed by atoms with Crippen molar-refractivity contribution >= 4 is 11.9 Å². The van der Waals surface area contributed by atoms with Crippen LogP contribution >= 0.6 is 0 Å². The van der Waals surface area contributed by atoms with Gasteiger partial charge in [0.25, 0.3) is 5.91 Å². The Morgan fingerprint density at radius 3 is 2.31 bits per heavy atom. The molecular formula is C21H22F2N2O4. The quantitative estimate of drug-likeness (QED) is 0.693. The van der Waals surface area contributed by atoms with Crippen molar-refractivity contribution in [2.75, 3.05) is 33.3 Å². The molecule has 29 heavy (non-hydrogen) atoms. The van der Waals surface area contributed by atoms with E-state index in [4.69, 9.17) is 4.74 Å². The number of carbonyl (C=O) groups is 2. The largest absolute Gasteiger partial charge is 0.465 e. The number of amides is 1. The maximum absolute atomic E-state index is 12.7. The summed E-state index contributed by atoms with van der Waals surface area (Å²) >= 11 is 0. The van der Waals surface area contributed by atoms with Crippen LogP contribution in [0.2, 0.25) is 0 Å². The van der Waals surface area contributed by atoms with Crippen LogP contribution in [0.5, 0.6) is 5.75 Å². The molecular weight excluding hydrogens is 382 g/mol. The van der Waals surface area contributed by atoms with Gasteiger partial charge in [-0.25, -0.2) is 4.79 Å². The van der Waals surface area contributed by atoms with Crippen LogP contribution in [0.15, 0.2) is 48.5 Å². The summed E-state index contributed by atoms with van der Waals surface area (Å²) in [6.07, 6.45) is 0. The fourth-order valence-corrected chi connectivity index (χ4v) is 3.22. The molecule has 0 unspecified atom stereocenters. The number of piperazine rings is 1. The average Bonchev–Trinajstić information content (AvgIpc) is 2.73. The summed E-state index contributed by atoms with van der Waals surface area (Å²) < 4.78 is 33.8.